The summed E-state index contributed by atoms with van der Waals surface area (Å²) in [5, 5.41) is 3.91. The summed E-state index contributed by atoms with van der Waals surface area (Å²) in [6.45, 7) is 4.26. The molecule has 2 heterocycles. The normalized spacial score (nSPS) is 15.0. The minimum Gasteiger partial charge on any atom is -0.352 e. The van der Waals surface area contributed by atoms with E-state index in [0.717, 1.165) is 31.2 Å². The number of aromatic nitrogens is 2. The summed E-state index contributed by atoms with van der Waals surface area (Å²) in [5.41, 5.74) is 1.64. The third-order valence-corrected chi connectivity index (χ3v) is 9.47. The molecule has 1 aliphatic carbocycles. The SMILES string of the molecule is CC[C@@H](Sc1nc2sc(C(=O)N(C)C)c(C)c2c(=O)n1CCc1ccccc1)C(=O)NC1CCCCC1. The van der Waals surface area contributed by atoms with Gasteiger partial charge in [0.15, 0.2) is 5.16 Å². The van der Waals surface area contributed by atoms with Crippen molar-refractivity contribution in [2.45, 2.75) is 81.8 Å². The topological polar surface area (TPSA) is 84.3 Å². The van der Waals surface area contributed by atoms with E-state index in [2.05, 4.69) is 5.32 Å². The molecule has 0 bridgehead atoms. The standard InChI is InChI=1S/C28H36N4O3S2/c1-5-21(24(33)29-20-14-10-7-11-15-20)36-28-30-25-22(18(2)23(37-25)27(35)31(3)4)26(34)32(28)17-16-19-12-8-6-9-13-19/h6,8-9,12-13,20-21H,5,7,10-11,14-17H2,1-4H3,(H,29,33)/t21-/m1/s1. The van der Waals surface area contributed by atoms with Crippen LogP contribution in [0.2, 0.25) is 0 Å². The Kier molecular flexibility index (Phi) is 9.08. The van der Waals surface area contributed by atoms with E-state index in [1.807, 2.05) is 44.2 Å². The molecule has 1 aromatic carbocycles. The van der Waals surface area contributed by atoms with Crippen molar-refractivity contribution >= 4 is 45.1 Å². The van der Waals surface area contributed by atoms with E-state index in [1.54, 1.807) is 18.7 Å². The third-order valence-electron chi connectivity index (χ3n) is 6.95. The van der Waals surface area contributed by atoms with Gasteiger partial charge in [-0.15, -0.1) is 11.3 Å². The van der Waals surface area contributed by atoms with Crippen molar-refractivity contribution in [1.29, 1.82) is 0 Å². The van der Waals surface area contributed by atoms with Crippen molar-refractivity contribution in [2.24, 2.45) is 0 Å². The van der Waals surface area contributed by atoms with Crippen LogP contribution in [0, 0.1) is 6.92 Å². The minimum absolute atomic E-state index is 0.00851. The third kappa shape index (κ3) is 6.26. The summed E-state index contributed by atoms with van der Waals surface area (Å²) in [4.78, 5) is 47.3. The van der Waals surface area contributed by atoms with Crippen LogP contribution in [-0.2, 0) is 17.8 Å². The number of thioether (sulfide) groups is 1. The van der Waals surface area contributed by atoms with Gasteiger partial charge in [0.05, 0.1) is 15.5 Å². The lowest BCUT2D eigenvalue weighted by molar-refractivity contribution is -0.121. The number of thiophene rings is 1. The fraction of sp³-hybridized carbons (Fsp3) is 0.500. The van der Waals surface area contributed by atoms with Crippen molar-refractivity contribution in [1.82, 2.24) is 19.8 Å². The Morgan fingerprint density at radius 2 is 1.89 bits per heavy atom. The number of hydrogen-bond donors (Lipinski definition) is 1. The molecule has 1 fully saturated rings. The van der Waals surface area contributed by atoms with Gasteiger partial charge in [-0.3, -0.25) is 19.0 Å². The molecule has 0 radical (unpaired) electrons. The Bertz CT molecular complexity index is 1310. The average molecular weight is 541 g/mol. The summed E-state index contributed by atoms with van der Waals surface area (Å²) in [6, 6.07) is 10.3. The van der Waals surface area contributed by atoms with Crippen LogP contribution in [0.4, 0.5) is 0 Å². The smallest absolute Gasteiger partial charge is 0.263 e. The van der Waals surface area contributed by atoms with Gasteiger partial charge in [0.1, 0.15) is 4.83 Å². The van der Waals surface area contributed by atoms with Crippen molar-refractivity contribution in [3.63, 3.8) is 0 Å². The minimum atomic E-state index is -0.349. The van der Waals surface area contributed by atoms with Crippen LogP contribution in [0.5, 0.6) is 0 Å². The summed E-state index contributed by atoms with van der Waals surface area (Å²) in [5.74, 6) is -0.127. The van der Waals surface area contributed by atoms with Gasteiger partial charge in [-0.2, -0.15) is 0 Å². The highest BCUT2D eigenvalue weighted by atomic mass is 32.2. The number of nitrogens with one attached hydrogen (secondary N) is 1. The Labute approximate surface area is 226 Å². The van der Waals surface area contributed by atoms with Crippen molar-refractivity contribution in [2.75, 3.05) is 14.1 Å². The number of hydrogen-bond acceptors (Lipinski definition) is 6. The Balaban J connectivity index is 1.70. The first-order valence-corrected chi connectivity index (χ1v) is 14.8. The lowest BCUT2D eigenvalue weighted by atomic mass is 9.95. The van der Waals surface area contributed by atoms with Crippen molar-refractivity contribution in [3.8, 4) is 0 Å². The molecule has 3 aromatic rings. The zero-order valence-corrected chi connectivity index (χ0v) is 23.7. The van der Waals surface area contributed by atoms with E-state index in [-0.39, 0.29) is 28.7 Å². The largest absolute Gasteiger partial charge is 0.352 e. The van der Waals surface area contributed by atoms with Crippen LogP contribution < -0.4 is 10.9 Å². The molecule has 1 saturated carbocycles. The van der Waals surface area contributed by atoms with E-state index in [0.29, 0.717) is 45.2 Å². The van der Waals surface area contributed by atoms with E-state index in [4.69, 9.17) is 4.98 Å². The van der Waals surface area contributed by atoms with Crippen LogP contribution in [0.3, 0.4) is 0 Å². The highest BCUT2D eigenvalue weighted by Crippen LogP contribution is 2.32. The molecule has 1 atom stereocenters. The average Bonchev–Trinajstić information content (AvgIpc) is 3.23. The second-order valence-corrected chi connectivity index (χ2v) is 12.0. The molecule has 37 heavy (non-hydrogen) atoms. The second kappa shape index (κ2) is 12.3. The maximum Gasteiger partial charge on any atom is 0.263 e. The summed E-state index contributed by atoms with van der Waals surface area (Å²) >= 11 is 2.61. The lowest BCUT2D eigenvalue weighted by Gasteiger charge is -2.25. The van der Waals surface area contributed by atoms with E-state index < -0.39 is 0 Å². The number of amides is 2. The predicted octanol–water partition coefficient (Wildman–Crippen LogP) is 5.03. The maximum atomic E-state index is 13.8. The lowest BCUT2D eigenvalue weighted by Crippen LogP contribution is -2.41. The van der Waals surface area contributed by atoms with Gasteiger partial charge in [0.2, 0.25) is 5.91 Å². The highest BCUT2D eigenvalue weighted by Gasteiger charge is 2.27. The summed E-state index contributed by atoms with van der Waals surface area (Å²) in [7, 11) is 3.41. The molecule has 2 amide bonds. The number of benzene rings is 1. The first-order valence-electron chi connectivity index (χ1n) is 13.1. The van der Waals surface area contributed by atoms with Gasteiger partial charge >= 0.3 is 0 Å². The van der Waals surface area contributed by atoms with Crippen molar-refractivity contribution in [3.05, 3.63) is 56.7 Å². The molecular weight excluding hydrogens is 504 g/mol. The predicted molar refractivity (Wildman–Crippen MR) is 152 cm³/mol. The second-order valence-electron chi connectivity index (χ2n) is 9.88. The van der Waals surface area contributed by atoms with Gasteiger partial charge in [0, 0.05) is 26.7 Å². The van der Waals surface area contributed by atoms with E-state index in [1.165, 1.54) is 34.4 Å². The molecule has 7 nitrogen and oxygen atoms in total. The summed E-state index contributed by atoms with van der Waals surface area (Å²) < 4.78 is 1.69. The molecule has 0 aliphatic heterocycles. The molecule has 9 heteroatoms. The first kappa shape index (κ1) is 27.4. The Morgan fingerprint density at radius 1 is 1.19 bits per heavy atom. The zero-order valence-electron chi connectivity index (χ0n) is 22.1. The van der Waals surface area contributed by atoms with Crippen LogP contribution in [0.25, 0.3) is 10.2 Å². The fourth-order valence-corrected chi connectivity index (χ4v) is 7.06. The molecule has 2 aromatic heterocycles. The van der Waals surface area contributed by atoms with Gasteiger partial charge in [0.25, 0.3) is 11.5 Å². The van der Waals surface area contributed by atoms with Gasteiger partial charge in [-0.05, 0) is 43.7 Å². The van der Waals surface area contributed by atoms with Gasteiger partial charge in [-0.25, -0.2) is 4.98 Å². The summed E-state index contributed by atoms with van der Waals surface area (Å²) in [6.07, 6.45) is 6.87. The quantitative estimate of drug-likeness (QED) is 0.304. The molecule has 1 aliphatic rings. The molecule has 0 saturated heterocycles. The van der Waals surface area contributed by atoms with Gasteiger partial charge < -0.3 is 10.2 Å². The number of aryl methyl sites for hydroxylation is 2. The monoisotopic (exact) mass is 540 g/mol. The number of rotatable bonds is 9. The fourth-order valence-electron chi connectivity index (χ4n) is 4.77. The number of fused-ring (bicyclic) bond motifs is 1. The molecule has 198 valence electrons. The van der Waals surface area contributed by atoms with Gasteiger partial charge in [-0.1, -0.05) is 68.3 Å². The maximum absolute atomic E-state index is 13.8. The Hall–Kier alpha value is -2.65. The number of carbonyl (C=O) groups excluding carboxylic acids is 2. The molecule has 0 unspecified atom stereocenters. The van der Waals surface area contributed by atoms with Crippen molar-refractivity contribution < 1.29 is 9.59 Å². The Morgan fingerprint density at radius 3 is 2.54 bits per heavy atom. The zero-order chi connectivity index (χ0) is 26.5. The van der Waals surface area contributed by atoms with E-state index in [9.17, 15) is 14.4 Å². The van der Waals surface area contributed by atoms with E-state index >= 15 is 0 Å². The number of nitrogens with zero attached hydrogens (tertiary/aromatic N) is 3. The first-order chi connectivity index (χ1) is 17.8. The van der Waals surface area contributed by atoms with Crippen LogP contribution in [0.1, 0.15) is 66.2 Å². The van der Waals surface area contributed by atoms with Crippen LogP contribution >= 0.6 is 23.1 Å². The van der Waals surface area contributed by atoms with Crippen LogP contribution in [-0.4, -0.2) is 51.7 Å². The molecular formula is C28H36N4O3S2. The van der Waals surface area contributed by atoms with Crippen LogP contribution in [0.15, 0.2) is 40.3 Å². The molecule has 4 rings (SSSR count). The molecule has 0 spiro atoms. The number of carbonyl (C=O) groups is 2. The highest BCUT2D eigenvalue weighted by molar-refractivity contribution is 8.00. The molecule has 1 N–H and O–H groups in total.